The van der Waals surface area contributed by atoms with E-state index in [4.69, 9.17) is 5.73 Å². The van der Waals surface area contributed by atoms with Crippen molar-refractivity contribution in [1.82, 2.24) is 0 Å². The molecule has 0 rings (SSSR count). The zero-order valence-electron chi connectivity index (χ0n) is 6.33. The van der Waals surface area contributed by atoms with Crippen molar-refractivity contribution in [3.05, 3.63) is 34.9 Å². The van der Waals surface area contributed by atoms with Crippen LogP contribution in [0.25, 0.3) is 0 Å². The third-order valence-corrected chi connectivity index (χ3v) is 1.46. The van der Waals surface area contributed by atoms with Gasteiger partial charge in [0, 0.05) is 10.6 Å². The minimum absolute atomic E-state index is 0.710. The van der Waals surface area contributed by atoms with Gasteiger partial charge in [0.2, 0.25) is 0 Å². The Morgan fingerprint density at radius 2 is 2.00 bits per heavy atom. The molecule has 0 aliphatic carbocycles. The third-order valence-electron chi connectivity index (χ3n) is 1.05. The van der Waals surface area contributed by atoms with Crippen LogP contribution in [0.2, 0.25) is 0 Å². The summed E-state index contributed by atoms with van der Waals surface area (Å²) in [6.45, 7) is 3.83. The maximum Gasteiger partial charge on any atom is 0.0406 e. The summed E-state index contributed by atoms with van der Waals surface area (Å²) in [7, 11) is 0. The van der Waals surface area contributed by atoms with E-state index in [9.17, 15) is 0 Å². The van der Waals surface area contributed by atoms with Gasteiger partial charge in [0.25, 0.3) is 0 Å². The Morgan fingerprint density at radius 3 is 2.40 bits per heavy atom. The molecule has 1 nitrogen and oxygen atoms in total. The van der Waals surface area contributed by atoms with Crippen LogP contribution < -0.4 is 5.73 Å². The van der Waals surface area contributed by atoms with E-state index in [2.05, 4.69) is 12.6 Å². The Bertz CT molecular complexity index is 178. The molecular formula is C8H13NS. The van der Waals surface area contributed by atoms with Gasteiger partial charge in [-0.3, -0.25) is 0 Å². The number of hydrogen-bond acceptors (Lipinski definition) is 2. The Labute approximate surface area is 67.7 Å². The van der Waals surface area contributed by atoms with Crippen LogP contribution in [-0.4, -0.2) is 0 Å². The molecule has 0 fully saturated rings. The van der Waals surface area contributed by atoms with E-state index in [0.717, 1.165) is 4.91 Å². The first kappa shape index (κ1) is 9.37. The lowest BCUT2D eigenvalue weighted by Gasteiger charge is -1.95. The Balaban J connectivity index is 4.19. The average molecular weight is 155 g/mol. The molecule has 0 bridgehead atoms. The van der Waals surface area contributed by atoms with Gasteiger partial charge in [0.1, 0.15) is 0 Å². The highest BCUT2D eigenvalue weighted by Gasteiger charge is 1.88. The highest BCUT2D eigenvalue weighted by molar-refractivity contribution is 7.84. The molecule has 0 heterocycles. The molecule has 0 radical (unpaired) electrons. The summed E-state index contributed by atoms with van der Waals surface area (Å²) in [6, 6.07) is 0. The highest BCUT2D eigenvalue weighted by Crippen LogP contribution is 2.07. The van der Waals surface area contributed by atoms with Gasteiger partial charge >= 0.3 is 0 Å². The molecule has 0 aromatic heterocycles. The highest BCUT2D eigenvalue weighted by atomic mass is 32.1. The van der Waals surface area contributed by atoms with Gasteiger partial charge in [0.05, 0.1) is 0 Å². The quantitative estimate of drug-likeness (QED) is 0.464. The van der Waals surface area contributed by atoms with E-state index in [-0.39, 0.29) is 0 Å². The van der Waals surface area contributed by atoms with Crippen molar-refractivity contribution in [2.24, 2.45) is 5.73 Å². The summed E-state index contributed by atoms with van der Waals surface area (Å²) < 4.78 is 0. The minimum atomic E-state index is 0.710. The molecule has 0 spiro atoms. The molecule has 0 saturated carbocycles. The molecule has 10 heavy (non-hydrogen) atoms. The summed E-state index contributed by atoms with van der Waals surface area (Å²) >= 11 is 4.16. The van der Waals surface area contributed by atoms with Gasteiger partial charge in [-0.25, -0.2) is 0 Å². The first-order chi connectivity index (χ1) is 4.72. The summed E-state index contributed by atoms with van der Waals surface area (Å²) in [5.41, 5.74) is 6.25. The fourth-order valence-corrected chi connectivity index (χ4v) is 0.647. The SMILES string of the molecule is C\C=C/C=C(S)\C(N)=C/C. The van der Waals surface area contributed by atoms with Gasteiger partial charge < -0.3 is 5.73 Å². The van der Waals surface area contributed by atoms with Crippen LogP contribution in [0.15, 0.2) is 34.9 Å². The van der Waals surface area contributed by atoms with E-state index in [1.54, 1.807) is 0 Å². The minimum Gasteiger partial charge on any atom is -0.398 e. The molecule has 0 aliphatic rings. The number of thiol groups is 1. The molecule has 0 aliphatic heterocycles. The standard InChI is InChI=1S/C8H13NS/c1-3-5-6-8(10)7(9)4-2/h3-6,10H,9H2,1-2H3/b5-3-,7-4+,8-6+. The second kappa shape index (κ2) is 5.18. The fourth-order valence-electron chi connectivity index (χ4n) is 0.431. The van der Waals surface area contributed by atoms with E-state index in [0.29, 0.717) is 5.70 Å². The lowest BCUT2D eigenvalue weighted by atomic mass is 10.3. The molecule has 0 saturated heterocycles. The number of allylic oxidation sites excluding steroid dienone is 4. The van der Waals surface area contributed by atoms with E-state index < -0.39 is 0 Å². The summed E-state index contributed by atoms with van der Waals surface area (Å²) in [6.07, 6.45) is 7.51. The van der Waals surface area contributed by atoms with E-state index >= 15 is 0 Å². The van der Waals surface area contributed by atoms with Crippen LogP contribution >= 0.6 is 12.6 Å². The van der Waals surface area contributed by atoms with Crippen molar-refractivity contribution in [3.8, 4) is 0 Å². The van der Waals surface area contributed by atoms with Crippen LogP contribution in [-0.2, 0) is 0 Å². The smallest absolute Gasteiger partial charge is 0.0406 e. The van der Waals surface area contributed by atoms with Crippen LogP contribution in [0.1, 0.15) is 13.8 Å². The van der Waals surface area contributed by atoms with Crippen LogP contribution in [0.4, 0.5) is 0 Å². The van der Waals surface area contributed by atoms with Gasteiger partial charge in [-0.1, -0.05) is 18.2 Å². The van der Waals surface area contributed by atoms with Gasteiger partial charge in [-0.2, -0.15) is 0 Å². The number of hydrogen-bond donors (Lipinski definition) is 2. The zero-order chi connectivity index (χ0) is 7.98. The molecule has 0 unspecified atom stereocenters. The summed E-state index contributed by atoms with van der Waals surface area (Å²) in [5.74, 6) is 0. The Morgan fingerprint density at radius 1 is 1.40 bits per heavy atom. The van der Waals surface area contributed by atoms with Crippen molar-refractivity contribution >= 4 is 12.6 Å². The van der Waals surface area contributed by atoms with Crippen molar-refractivity contribution in [3.63, 3.8) is 0 Å². The molecule has 0 aromatic rings. The predicted octanol–water partition coefficient (Wildman–Crippen LogP) is 2.24. The first-order valence-corrected chi connectivity index (χ1v) is 3.61. The summed E-state index contributed by atoms with van der Waals surface area (Å²) in [4.78, 5) is 0.806. The van der Waals surface area contributed by atoms with Crippen LogP contribution in [0.3, 0.4) is 0 Å². The van der Waals surface area contributed by atoms with E-state index in [1.807, 2.05) is 38.2 Å². The average Bonchev–Trinajstić information content (AvgIpc) is 1.98. The van der Waals surface area contributed by atoms with Gasteiger partial charge in [0.15, 0.2) is 0 Å². The normalized spacial score (nSPS) is 14.7. The monoisotopic (exact) mass is 155 g/mol. The predicted molar refractivity (Wildman–Crippen MR) is 49.8 cm³/mol. The largest absolute Gasteiger partial charge is 0.398 e. The van der Waals surface area contributed by atoms with Crippen molar-refractivity contribution < 1.29 is 0 Å². The topological polar surface area (TPSA) is 26.0 Å². The molecule has 56 valence electrons. The molecule has 0 atom stereocenters. The maximum atomic E-state index is 5.54. The Hall–Kier alpha value is -0.630. The lowest BCUT2D eigenvalue weighted by molar-refractivity contribution is 1.38. The second-order valence-corrected chi connectivity index (χ2v) is 2.30. The van der Waals surface area contributed by atoms with Crippen molar-refractivity contribution in [1.29, 1.82) is 0 Å². The third kappa shape index (κ3) is 3.41. The zero-order valence-corrected chi connectivity index (χ0v) is 7.23. The van der Waals surface area contributed by atoms with E-state index in [1.165, 1.54) is 0 Å². The van der Waals surface area contributed by atoms with Crippen molar-refractivity contribution in [2.75, 3.05) is 0 Å². The lowest BCUT2D eigenvalue weighted by Crippen LogP contribution is -1.95. The molecule has 2 N–H and O–H groups in total. The summed E-state index contributed by atoms with van der Waals surface area (Å²) in [5, 5.41) is 0. The number of nitrogens with two attached hydrogens (primary N) is 1. The molecule has 2 heteroatoms. The first-order valence-electron chi connectivity index (χ1n) is 3.16. The van der Waals surface area contributed by atoms with Crippen LogP contribution in [0, 0.1) is 0 Å². The van der Waals surface area contributed by atoms with Gasteiger partial charge in [-0.05, 0) is 19.9 Å². The fraction of sp³-hybridized carbons (Fsp3) is 0.250. The Kier molecular flexibility index (Phi) is 4.85. The van der Waals surface area contributed by atoms with Crippen molar-refractivity contribution in [2.45, 2.75) is 13.8 Å². The molecule has 0 amide bonds. The second-order valence-electron chi connectivity index (χ2n) is 1.82. The molecular weight excluding hydrogens is 142 g/mol. The maximum absolute atomic E-state index is 5.54. The number of rotatable bonds is 2. The van der Waals surface area contributed by atoms with Crippen LogP contribution in [0.5, 0.6) is 0 Å². The molecule has 0 aromatic carbocycles. The van der Waals surface area contributed by atoms with Gasteiger partial charge in [-0.15, -0.1) is 12.6 Å².